The van der Waals surface area contributed by atoms with E-state index < -0.39 is 0 Å². The molecule has 1 amide bonds. The van der Waals surface area contributed by atoms with Crippen molar-refractivity contribution < 1.29 is 4.79 Å². The van der Waals surface area contributed by atoms with Gasteiger partial charge >= 0.3 is 0 Å². The predicted octanol–water partition coefficient (Wildman–Crippen LogP) is 4.09. The quantitative estimate of drug-likeness (QED) is 0.872. The van der Waals surface area contributed by atoms with Gasteiger partial charge in [0.2, 0.25) is 0 Å². The molecule has 0 saturated carbocycles. The molecule has 0 aromatic heterocycles. The Balaban J connectivity index is 0.00000242. The first-order chi connectivity index (χ1) is 10.1. The maximum absolute atomic E-state index is 12.5. The maximum Gasteiger partial charge on any atom is 0.255 e. The second kappa shape index (κ2) is 8.57. The zero-order valence-corrected chi connectivity index (χ0v) is 14.1. The van der Waals surface area contributed by atoms with Gasteiger partial charge in [0.1, 0.15) is 0 Å². The minimum absolute atomic E-state index is 0. The molecule has 0 unspecified atom stereocenters. The van der Waals surface area contributed by atoms with Crippen molar-refractivity contribution in [1.29, 1.82) is 0 Å². The van der Waals surface area contributed by atoms with E-state index in [4.69, 9.17) is 0 Å². The van der Waals surface area contributed by atoms with Crippen molar-refractivity contribution in [2.24, 2.45) is 0 Å². The third-order valence-electron chi connectivity index (χ3n) is 3.47. The van der Waals surface area contributed by atoms with Crippen LogP contribution >= 0.6 is 12.4 Å². The van der Waals surface area contributed by atoms with Crippen LogP contribution in [0.5, 0.6) is 0 Å². The predicted molar refractivity (Wildman–Crippen MR) is 94.9 cm³/mol. The zero-order chi connectivity index (χ0) is 15.2. The fraction of sp³-hybridized carbons (Fsp3) is 0.278. The second-order valence-electron chi connectivity index (χ2n) is 5.21. The van der Waals surface area contributed by atoms with E-state index in [0.717, 1.165) is 41.0 Å². The van der Waals surface area contributed by atoms with Crippen molar-refractivity contribution >= 4 is 24.0 Å². The van der Waals surface area contributed by atoms with Crippen molar-refractivity contribution in [3.63, 3.8) is 0 Å². The summed E-state index contributed by atoms with van der Waals surface area (Å²) in [6.07, 6.45) is 0. The molecular formula is C18H23ClN2O. The van der Waals surface area contributed by atoms with E-state index >= 15 is 0 Å². The van der Waals surface area contributed by atoms with Gasteiger partial charge < -0.3 is 10.6 Å². The lowest BCUT2D eigenvalue weighted by atomic mass is 10.0. The van der Waals surface area contributed by atoms with Gasteiger partial charge in [0, 0.05) is 17.8 Å². The minimum atomic E-state index is -0.0554. The summed E-state index contributed by atoms with van der Waals surface area (Å²) < 4.78 is 0. The smallest absolute Gasteiger partial charge is 0.255 e. The number of hydrogen-bond donors (Lipinski definition) is 2. The number of carbonyl (C=O) groups is 1. The van der Waals surface area contributed by atoms with Gasteiger partial charge in [0.05, 0.1) is 0 Å². The molecule has 22 heavy (non-hydrogen) atoms. The zero-order valence-electron chi connectivity index (χ0n) is 13.3. The summed E-state index contributed by atoms with van der Waals surface area (Å²) >= 11 is 0. The number of halogens is 1. The Morgan fingerprint density at radius 3 is 2.55 bits per heavy atom. The molecule has 0 heterocycles. The maximum atomic E-state index is 12.5. The highest BCUT2D eigenvalue weighted by Gasteiger charge is 2.11. The number of benzene rings is 2. The molecule has 3 nitrogen and oxygen atoms in total. The van der Waals surface area contributed by atoms with E-state index in [2.05, 4.69) is 17.6 Å². The van der Waals surface area contributed by atoms with E-state index in [9.17, 15) is 4.79 Å². The van der Waals surface area contributed by atoms with Crippen LogP contribution in [0.4, 0.5) is 5.69 Å². The Labute approximate surface area is 138 Å². The summed E-state index contributed by atoms with van der Waals surface area (Å²) in [4.78, 5) is 12.5. The molecule has 2 aromatic carbocycles. The van der Waals surface area contributed by atoms with E-state index in [1.807, 2.05) is 56.3 Å². The lowest BCUT2D eigenvalue weighted by Crippen LogP contribution is -2.17. The fourth-order valence-electron chi connectivity index (χ4n) is 2.23. The molecule has 0 saturated heterocycles. The first kappa shape index (κ1) is 18.2. The van der Waals surface area contributed by atoms with Crippen LogP contribution in [-0.4, -0.2) is 12.5 Å². The van der Waals surface area contributed by atoms with Gasteiger partial charge in [0.15, 0.2) is 0 Å². The van der Waals surface area contributed by atoms with Crippen LogP contribution in [0.25, 0.3) is 0 Å². The number of amides is 1. The van der Waals surface area contributed by atoms with Crippen LogP contribution in [0.15, 0.2) is 42.5 Å². The molecular weight excluding hydrogens is 296 g/mol. The summed E-state index contributed by atoms with van der Waals surface area (Å²) in [5.74, 6) is -0.0554. The molecule has 4 heteroatoms. The number of anilines is 1. The average molecular weight is 319 g/mol. The Bertz CT molecular complexity index is 641. The second-order valence-corrected chi connectivity index (χ2v) is 5.21. The monoisotopic (exact) mass is 318 g/mol. The summed E-state index contributed by atoms with van der Waals surface area (Å²) in [5.41, 5.74) is 4.77. The molecule has 0 aliphatic rings. The molecule has 0 radical (unpaired) electrons. The molecule has 0 atom stereocenters. The van der Waals surface area contributed by atoms with E-state index in [-0.39, 0.29) is 18.3 Å². The lowest BCUT2D eigenvalue weighted by Gasteiger charge is -2.13. The summed E-state index contributed by atoms with van der Waals surface area (Å²) in [6, 6.07) is 13.8. The molecule has 0 spiro atoms. The number of aryl methyl sites for hydroxylation is 2. The highest BCUT2D eigenvalue weighted by Crippen LogP contribution is 2.18. The van der Waals surface area contributed by atoms with Gasteiger partial charge in [-0.15, -0.1) is 12.4 Å². The molecule has 2 aromatic rings. The first-order valence-corrected chi connectivity index (χ1v) is 7.29. The third-order valence-corrected chi connectivity index (χ3v) is 3.47. The Hall–Kier alpha value is -1.84. The first-order valence-electron chi connectivity index (χ1n) is 7.29. The molecule has 0 bridgehead atoms. The van der Waals surface area contributed by atoms with Gasteiger partial charge in [-0.3, -0.25) is 4.79 Å². The van der Waals surface area contributed by atoms with E-state index in [0.29, 0.717) is 0 Å². The van der Waals surface area contributed by atoms with Gasteiger partial charge in [-0.05, 0) is 43.7 Å². The topological polar surface area (TPSA) is 41.1 Å². The molecule has 0 aliphatic carbocycles. The Morgan fingerprint density at radius 2 is 1.82 bits per heavy atom. The van der Waals surface area contributed by atoms with Crippen molar-refractivity contribution in [1.82, 2.24) is 5.32 Å². The minimum Gasteiger partial charge on any atom is -0.322 e. The largest absolute Gasteiger partial charge is 0.322 e. The third kappa shape index (κ3) is 4.58. The molecule has 2 N–H and O–H groups in total. The number of nitrogens with one attached hydrogen (secondary N) is 2. The van der Waals surface area contributed by atoms with Crippen molar-refractivity contribution in [2.75, 3.05) is 11.9 Å². The standard InChI is InChI=1S/C18H22N2O.ClH/c1-4-19-12-15-7-5-6-8-17(15)20-18(21)16-11-13(2)9-10-14(16)3;/h5-11,19H,4,12H2,1-3H3,(H,20,21);1H. The molecule has 0 fully saturated rings. The Morgan fingerprint density at radius 1 is 1.09 bits per heavy atom. The molecule has 0 aliphatic heterocycles. The SMILES string of the molecule is CCNCc1ccccc1NC(=O)c1cc(C)ccc1C.Cl. The van der Waals surface area contributed by atoms with Gasteiger partial charge in [-0.25, -0.2) is 0 Å². The average Bonchev–Trinajstić information content (AvgIpc) is 2.48. The van der Waals surface area contributed by atoms with Crippen LogP contribution in [0, 0.1) is 13.8 Å². The van der Waals surface area contributed by atoms with Gasteiger partial charge in [-0.2, -0.15) is 0 Å². The highest BCUT2D eigenvalue weighted by molar-refractivity contribution is 6.05. The summed E-state index contributed by atoms with van der Waals surface area (Å²) in [7, 11) is 0. The van der Waals surface area contributed by atoms with Crippen molar-refractivity contribution in [2.45, 2.75) is 27.3 Å². The number of rotatable bonds is 5. The van der Waals surface area contributed by atoms with Crippen LogP contribution in [0.3, 0.4) is 0 Å². The van der Waals surface area contributed by atoms with Crippen LogP contribution in [0.2, 0.25) is 0 Å². The summed E-state index contributed by atoms with van der Waals surface area (Å²) in [6.45, 7) is 7.67. The van der Waals surface area contributed by atoms with Gasteiger partial charge in [-0.1, -0.05) is 42.8 Å². The number of para-hydroxylation sites is 1. The molecule has 2 rings (SSSR count). The number of hydrogen-bond acceptors (Lipinski definition) is 2. The summed E-state index contributed by atoms with van der Waals surface area (Å²) in [5, 5.41) is 6.31. The highest BCUT2D eigenvalue weighted by atomic mass is 35.5. The van der Waals surface area contributed by atoms with E-state index in [1.165, 1.54) is 0 Å². The van der Waals surface area contributed by atoms with Crippen LogP contribution in [-0.2, 0) is 6.54 Å². The fourth-order valence-corrected chi connectivity index (χ4v) is 2.23. The van der Waals surface area contributed by atoms with Crippen LogP contribution < -0.4 is 10.6 Å². The van der Waals surface area contributed by atoms with Crippen molar-refractivity contribution in [3.05, 3.63) is 64.7 Å². The van der Waals surface area contributed by atoms with E-state index in [1.54, 1.807) is 0 Å². The normalized spacial score (nSPS) is 9.95. The van der Waals surface area contributed by atoms with Crippen LogP contribution in [0.1, 0.15) is 34.0 Å². The number of carbonyl (C=O) groups excluding carboxylic acids is 1. The lowest BCUT2D eigenvalue weighted by molar-refractivity contribution is 0.102. The Kier molecular flexibility index (Phi) is 7.09. The van der Waals surface area contributed by atoms with Crippen molar-refractivity contribution in [3.8, 4) is 0 Å². The van der Waals surface area contributed by atoms with Gasteiger partial charge in [0.25, 0.3) is 5.91 Å². The molecule has 118 valence electrons.